The number of aryl methyl sites for hydroxylation is 2. The van der Waals surface area contributed by atoms with Crippen LogP contribution >= 0.6 is 0 Å². The highest BCUT2D eigenvalue weighted by Crippen LogP contribution is 2.18. The van der Waals surface area contributed by atoms with Gasteiger partial charge in [0.1, 0.15) is 6.29 Å². The van der Waals surface area contributed by atoms with Crippen LogP contribution in [0, 0.1) is 13.8 Å². The number of benzene rings is 1. The van der Waals surface area contributed by atoms with Gasteiger partial charge >= 0.3 is 0 Å². The van der Waals surface area contributed by atoms with Crippen LogP contribution in [0.1, 0.15) is 21.5 Å². The topological polar surface area (TPSA) is 30.0 Å². The van der Waals surface area contributed by atoms with Crippen molar-refractivity contribution in [2.45, 2.75) is 13.8 Å². The van der Waals surface area contributed by atoms with Crippen LogP contribution in [0.15, 0.2) is 24.4 Å². The molecule has 0 bridgehead atoms. The summed E-state index contributed by atoms with van der Waals surface area (Å²) in [5.74, 6) is 0. The molecule has 0 aliphatic heterocycles. The highest BCUT2D eigenvalue weighted by molar-refractivity contribution is 5.89. The van der Waals surface area contributed by atoms with E-state index in [9.17, 15) is 4.79 Å². The second-order valence-electron chi connectivity index (χ2n) is 3.54. The minimum atomic E-state index is 0.711. The van der Waals surface area contributed by atoms with E-state index in [-0.39, 0.29) is 0 Å². The molecule has 2 aromatic rings. The van der Waals surface area contributed by atoms with Gasteiger partial charge in [-0.3, -0.25) is 9.78 Å². The molecule has 0 amide bonds. The molecule has 2 heteroatoms. The number of nitrogens with zero attached hydrogens (tertiary/aromatic N) is 1. The van der Waals surface area contributed by atoms with Crippen LogP contribution in [-0.2, 0) is 0 Å². The monoisotopic (exact) mass is 185 g/mol. The maximum Gasteiger partial charge on any atom is 0.150 e. The number of rotatable bonds is 1. The SMILES string of the molecule is Cc1cnc2c(C)cc(C=O)cc2c1. The van der Waals surface area contributed by atoms with E-state index in [1.54, 1.807) is 0 Å². The Morgan fingerprint density at radius 3 is 2.71 bits per heavy atom. The lowest BCUT2D eigenvalue weighted by Crippen LogP contribution is -1.88. The van der Waals surface area contributed by atoms with Gasteiger partial charge in [-0.1, -0.05) is 0 Å². The second-order valence-corrected chi connectivity index (χ2v) is 3.54. The van der Waals surface area contributed by atoms with Crippen LogP contribution in [0.3, 0.4) is 0 Å². The minimum Gasteiger partial charge on any atom is -0.298 e. The Kier molecular flexibility index (Phi) is 2.04. The largest absolute Gasteiger partial charge is 0.298 e. The van der Waals surface area contributed by atoms with E-state index >= 15 is 0 Å². The second kappa shape index (κ2) is 3.22. The van der Waals surface area contributed by atoms with Gasteiger partial charge in [0.15, 0.2) is 0 Å². The first-order valence-corrected chi connectivity index (χ1v) is 4.53. The Bertz CT molecular complexity index is 503. The summed E-state index contributed by atoms with van der Waals surface area (Å²) in [4.78, 5) is 15.0. The third-order valence-corrected chi connectivity index (χ3v) is 2.27. The van der Waals surface area contributed by atoms with Gasteiger partial charge in [0.25, 0.3) is 0 Å². The van der Waals surface area contributed by atoms with Gasteiger partial charge < -0.3 is 0 Å². The quantitative estimate of drug-likeness (QED) is 0.639. The number of fused-ring (bicyclic) bond motifs is 1. The van der Waals surface area contributed by atoms with E-state index in [1.165, 1.54) is 0 Å². The summed E-state index contributed by atoms with van der Waals surface area (Å²) < 4.78 is 0. The molecule has 0 atom stereocenters. The highest BCUT2D eigenvalue weighted by Gasteiger charge is 2.01. The van der Waals surface area contributed by atoms with Crippen molar-refractivity contribution in [3.63, 3.8) is 0 Å². The molecule has 1 aromatic heterocycles. The maximum absolute atomic E-state index is 10.7. The van der Waals surface area contributed by atoms with E-state index in [1.807, 2.05) is 38.2 Å². The van der Waals surface area contributed by atoms with Crippen molar-refractivity contribution in [1.82, 2.24) is 4.98 Å². The molecule has 14 heavy (non-hydrogen) atoms. The van der Waals surface area contributed by atoms with Gasteiger partial charge in [0.05, 0.1) is 5.52 Å². The van der Waals surface area contributed by atoms with Crippen molar-refractivity contribution in [2.24, 2.45) is 0 Å². The van der Waals surface area contributed by atoms with E-state index in [2.05, 4.69) is 4.98 Å². The average molecular weight is 185 g/mol. The number of pyridine rings is 1. The first kappa shape index (κ1) is 8.88. The standard InChI is InChI=1S/C12H11NO/c1-8-3-11-5-10(7-14)4-9(2)12(11)13-6-8/h3-7H,1-2H3. The molecule has 0 unspecified atom stereocenters. The number of carbonyl (C=O) groups excluding carboxylic acids is 1. The third kappa shape index (κ3) is 1.39. The Hall–Kier alpha value is -1.70. The molecule has 2 rings (SSSR count). The summed E-state index contributed by atoms with van der Waals surface area (Å²) in [6, 6.07) is 5.77. The van der Waals surface area contributed by atoms with Gasteiger partial charge in [-0.15, -0.1) is 0 Å². The van der Waals surface area contributed by atoms with Crippen molar-refractivity contribution in [2.75, 3.05) is 0 Å². The van der Waals surface area contributed by atoms with Crippen LogP contribution in [-0.4, -0.2) is 11.3 Å². The van der Waals surface area contributed by atoms with Gasteiger partial charge in [-0.2, -0.15) is 0 Å². The fourth-order valence-electron chi connectivity index (χ4n) is 1.64. The fraction of sp³-hybridized carbons (Fsp3) is 0.167. The van der Waals surface area contributed by atoms with Crippen molar-refractivity contribution < 1.29 is 4.79 Å². The van der Waals surface area contributed by atoms with Crippen molar-refractivity contribution >= 4 is 17.2 Å². The first-order valence-electron chi connectivity index (χ1n) is 4.53. The summed E-state index contributed by atoms with van der Waals surface area (Å²) in [6.45, 7) is 3.97. The minimum absolute atomic E-state index is 0.711. The zero-order valence-corrected chi connectivity index (χ0v) is 8.24. The van der Waals surface area contributed by atoms with Gasteiger partial charge in [0.2, 0.25) is 0 Å². The predicted molar refractivity (Wildman–Crippen MR) is 56.6 cm³/mol. The summed E-state index contributed by atoms with van der Waals surface area (Å²) in [5, 5.41) is 1.03. The third-order valence-electron chi connectivity index (χ3n) is 2.27. The average Bonchev–Trinajstić information content (AvgIpc) is 2.16. The molecule has 0 radical (unpaired) electrons. The molecule has 1 heterocycles. The summed E-state index contributed by atoms with van der Waals surface area (Å²) in [6.07, 6.45) is 2.71. The van der Waals surface area contributed by atoms with E-state index in [0.717, 1.165) is 28.3 Å². The molecule has 0 spiro atoms. The zero-order valence-electron chi connectivity index (χ0n) is 8.24. The molecule has 2 nitrogen and oxygen atoms in total. The van der Waals surface area contributed by atoms with Crippen LogP contribution in [0.5, 0.6) is 0 Å². The van der Waals surface area contributed by atoms with Gasteiger partial charge in [-0.25, -0.2) is 0 Å². The number of hydrogen-bond acceptors (Lipinski definition) is 2. The molecule has 0 aliphatic rings. The number of carbonyl (C=O) groups is 1. The van der Waals surface area contributed by atoms with E-state index < -0.39 is 0 Å². The van der Waals surface area contributed by atoms with Gasteiger partial charge in [-0.05, 0) is 43.2 Å². The normalized spacial score (nSPS) is 10.4. The van der Waals surface area contributed by atoms with Crippen LogP contribution in [0.25, 0.3) is 10.9 Å². The highest BCUT2D eigenvalue weighted by atomic mass is 16.1. The van der Waals surface area contributed by atoms with Crippen LogP contribution < -0.4 is 0 Å². The van der Waals surface area contributed by atoms with Crippen LogP contribution in [0.2, 0.25) is 0 Å². The lowest BCUT2D eigenvalue weighted by atomic mass is 10.1. The fourth-order valence-corrected chi connectivity index (χ4v) is 1.64. The van der Waals surface area contributed by atoms with Gasteiger partial charge in [0, 0.05) is 17.1 Å². The molecule has 1 aromatic carbocycles. The molecule has 0 fully saturated rings. The Balaban J connectivity index is 2.83. The maximum atomic E-state index is 10.7. The number of hydrogen-bond donors (Lipinski definition) is 0. The number of aromatic nitrogens is 1. The van der Waals surface area contributed by atoms with Crippen molar-refractivity contribution in [3.8, 4) is 0 Å². The van der Waals surface area contributed by atoms with Crippen molar-refractivity contribution in [1.29, 1.82) is 0 Å². The zero-order chi connectivity index (χ0) is 10.1. The Morgan fingerprint density at radius 1 is 1.21 bits per heavy atom. The van der Waals surface area contributed by atoms with E-state index in [4.69, 9.17) is 0 Å². The molecular weight excluding hydrogens is 174 g/mol. The Morgan fingerprint density at radius 2 is 2.00 bits per heavy atom. The summed E-state index contributed by atoms with van der Waals surface area (Å²) >= 11 is 0. The predicted octanol–water partition coefficient (Wildman–Crippen LogP) is 2.66. The van der Waals surface area contributed by atoms with Crippen LogP contribution in [0.4, 0.5) is 0 Å². The molecule has 70 valence electrons. The lowest BCUT2D eigenvalue weighted by molar-refractivity contribution is 0.112. The molecule has 0 saturated heterocycles. The molecule has 0 N–H and O–H groups in total. The lowest BCUT2D eigenvalue weighted by Gasteiger charge is -2.03. The molecule has 0 saturated carbocycles. The Labute approximate surface area is 82.6 Å². The smallest absolute Gasteiger partial charge is 0.150 e. The van der Waals surface area contributed by atoms with Crippen molar-refractivity contribution in [3.05, 3.63) is 41.1 Å². The first-order chi connectivity index (χ1) is 6.70. The summed E-state index contributed by atoms with van der Waals surface area (Å²) in [5.41, 5.74) is 3.84. The molecule has 0 aliphatic carbocycles. The summed E-state index contributed by atoms with van der Waals surface area (Å²) in [7, 11) is 0. The molecular formula is C12H11NO. The van der Waals surface area contributed by atoms with E-state index in [0.29, 0.717) is 5.56 Å². The number of aldehydes is 1.